The largest absolute Gasteiger partial charge is 0.465 e. The van der Waals surface area contributed by atoms with Crippen LogP contribution in [0.15, 0.2) is 65.1 Å². The Bertz CT molecular complexity index is 1920. The minimum atomic E-state index is -1.05. The van der Waals surface area contributed by atoms with Gasteiger partial charge in [-0.05, 0) is 77.1 Å². The molecule has 0 aromatic heterocycles. The number of ketones is 1. The summed E-state index contributed by atoms with van der Waals surface area (Å²) in [7, 11) is 0. The van der Waals surface area contributed by atoms with Crippen molar-refractivity contribution in [2.24, 2.45) is 16.6 Å². The van der Waals surface area contributed by atoms with Crippen molar-refractivity contribution in [3.8, 4) is 35.4 Å². The molecule has 0 aliphatic carbocycles. The minimum Gasteiger partial charge on any atom is -0.465 e. The van der Waals surface area contributed by atoms with Crippen molar-refractivity contribution in [1.29, 1.82) is 0 Å². The summed E-state index contributed by atoms with van der Waals surface area (Å²) in [6.45, 7) is 2.49. The van der Waals surface area contributed by atoms with E-state index in [1.54, 1.807) is 6.07 Å². The molecule has 5 aliphatic rings. The smallest absolute Gasteiger partial charge is 0.187 e. The van der Waals surface area contributed by atoms with E-state index in [0.717, 1.165) is 51.1 Å². The van der Waals surface area contributed by atoms with E-state index in [1.165, 1.54) is 0 Å². The molecule has 6 atom stereocenters. The highest BCUT2D eigenvalue weighted by Gasteiger charge is 2.36. The third kappa shape index (κ3) is 7.07. The zero-order chi connectivity index (χ0) is 34.8. The van der Waals surface area contributed by atoms with Gasteiger partial charge in [0.25, 0.3) is 0 Å². The van der Waals surface area contributed by atoms with Crippen LogP contribution in [0.3, 0.4) is 0 Å². The second-order valence-electron chi connectivity index (χ2n) is 13.5. The molecule has 50 heavy (non-hydrogen) atoms. The van der Waals surface area contributed by atoms with E-state index in [1.807, 2.05) is 49.7 Å². The normalized spacial score (nSPS) is 23.8. The van der Waals surface area contributed by atoms with Crippen LogP contribution < -0.4 is 20.5 Å². The lowest BCUT2D eigenvalue weighted by Gasteiger charge is -2.32. The lowest BCUT2D eigenvalue weighted by Crippen LogP contribution is -2.41. The highest BCUT2D eigenvalue weighted by atomic mass is 16.5. The number of hydrogen-bond donors (Lipinski definition) is 5. The molecule has 5 aliphatic heterocycles. The fourth-order valence-corrected chi connectivity index (χ4v) is 7.21. The number of rotatable bonds is 9. The van der Waals surface area contributed by atoms with E-state index in [-0.39, 0.29) is 31.2 Å². The molecule has 10 nitrogen and oxygen atoms in total. The third-order valence-corrected chi connectivity index (χ3v) is 9.82. The van der Waals surface area contributed by atoms with Crippen LogP contribution in [-0.4, -0.2) is 56.7 Å². The number of aliphatic imine (C=N–C) groups is 1. The summed E-state index contributed by atoms with van der Waals surface area (Å²) >= 11 is 0. The maximum absolute atomic E-state index is 12.7. The number of carbonyl (C=O) groups is 1. The van der Waals surface area contributed by atoms with Gasteiger partial charge in [0.2, 0.25) is 0 Å². The number of nitrogens with one attached hydrogen (secondary N) is 1. The molecule has 0 amide bonds. The van der Waals surface area contributed by atoms with Crippen LogP contribution in [0.2, 0.25) is 0 Å². The van der Waals surface area contributed by atoms with Crippen LogP contribution in [-0.2, 0) is 17.6 Å². The first-order valence-corrected chi connectivity index (χ1v) is 17.4. The van der Waals surface area contributed by atoms with Gasteiger partial charge in [-0.3, -0.25) is 9.79 Å². The molecule has 10 heteroatoms. The number of fused-ring (bicyclic) bond motifs is 7. The maximum Gasteiger partial charge on any atom is 0.187 e. The first-order chi connectivity index (χ1) is 24.3. The van der Waals surface area contributed by atoms with Crippen molar-refractivity contribution in [2.45, 2.75) is 89.0 Å². The first-order valence-electron chi connectivity index (χ1n) is 17.4. The third-order valence-electron chi connectivity index (χ3n) is 9.82. The van der Waals surface area contributed by atoms with Crippen LogP contribution >= 0.6 is 0 Å². The first kappa shape index (κ1) is 33.6. The summed E-state index contributed by atoms with van der Waals surface area (Å²) in [5.41, 5.74) is 13.9. The van der Waals surface area contributed by atoms with Crippen molar-refractivity contribution in [3.63, 3.8) is 0 Å². The number of benzene rings is 2. The van der Waals surface area contributed by atoms with E-state index in [4.69, 9.17) is 20.2 Å². The number of aryl methyl sites for hydroxylation is 1. The summed E-state index contributed by atoms with van der Waals surface area (Å²) in [5, 5.41) is 35.0. The summed E-state index contributed by atoms with van der Waals surface area (Å²) in [6.07, 6.45) is 10.4. The molecule has 0 radical (unpaired) electrons. The van der Waals surface area contributed by atoms with Crippen molar-refractivity contribution in [2.75, 3.05) is 6.54 Å². The quantitative estimate of drug-likeness (QED) is 0.250. The number of nitrogens with two attached hydrogens (primary N) is 1. The van der Waals surface area contributed by atoms with Gasteiger partial charge in [0, 0.05) is 43.7 Å². The van der Waals surface area contributed by atoms with Crippen LogP contribution in [0, 0.1) is 29.8 Å². The fourth-order valence-electron chi connectivity index (χ4n) is 7.21. The number of aliphatic hydroxyl groups excluding tert-OH is 3. The number of ether oxygens (including phenoxy) is 2. The van der Waals surface area contributed by atoms with Gasteiger partial charge in [0.05, 0.1) is 30.4 Å². The molecule has 2 aromatic rings. The number of hydrogen-bond acceptors (Lipinski definition) is 10. The Morgan fingerprint density at radius 2 is 2.02 bits per heavy atom. The molecule has 7 rings (SSSR count). The number of Topliss-reactive ketones (excluding diaryl/α,β-unsaturated/α-hetero) is 1. The average Bonchev–Trinajstić information content (AvgIpc) is 3.69. The second kappa shape index (κ2) is 14.6. The molecule has 5 heterocycles. The number of nitrogens with zero attached hydrogens (tertiary/aromatic N) is 2. The van der Waals surface area contributed by atoms with Gasteiger partial charge in [-0.15, -0.1) is 0 Å². The summed E-state index contributed by atoms with van der Waals surface area (Å²) in [6, 6.07) is 9.40. The molecule has 0 fully saturated rings. The molecule has 6 N–H and O–H groups in total. The van der Waals surface area contributed by atoms with Gasteiger partial charge in [0.15, 0.2) is 17.7 Å². The monoisotopic (exact) mass is 674 g/mol. The van der Waals surface area contributed by atoms with Crippen LogP contribution in [0.4, 0.5) is 0 Å². The highest BCUT2D eigenvalue weighted by Crippen LogP contribution is 2.39. The summed E-state index contributed by atoms with van der Waals surface area (Å²) in [5.74, 6) is 9.97. The van der Waals surface area contributed by atoms with Crippen molar-refractivity contribution >= 4 is 17.6 Å². The lowest BCUT2D eigenvalue weighted by molar-refractivity contribution is -0.121. The van der Waals surface area contributed by atoms with Crippen LogP contribution in [0.5, 0.6) is 11.5 Å². The van der Waals surface area contributed by atoms with Gasteiger partial charge in [-0.25, -0.2) is 0 Å². The maximum atomic E-state index is 12.7. The predicted molar refractivity (Wildman–Crippen MR) is 189 cm³/mol. The van der Waals surface area contributed by atoms with Crippen molar-refractivity contribution in [3.05, 3.63) is 87.9 Å². The number of allylic oxidation sites excluding steroid dienone is 1. The Kier molecular flexibility index (Phi) is 9.80. The van der Waals surface area contributed by atoms with E-state index in [0.29, 0.717) is 43.7 Å². The zero-order valence-electron chi connectivity index (χ0n) is 28.1. The molecule has 0 saturated carbocycles. The van der Waals surface area contributed by atoms with Crippen LogP contribution in [0.25, 0.3) is 6.08 Å². The topological polar surface area (TPSA) is 150 Å². The molecule has 0 saturated heterocycles. The Morgan fingerprint density at radius 3 is 2.88 bits per heavy atom. The highest BCUT2D eigenvalue weighted by molar-refractivity contribution is 6.09. The molecular formula is C40H42N4O6. The molecular weight excluding hydrogens is 632 g/mol. The Hall–Kier alpha value is -4.84. The van der Waals surface area contributed by atoms with E-state index < -0.39 is 30.5 Å². The summed E-state index contributed by atoms with van der Waals surface area (Å²) in [4.78, 5) is 19.6. The Balaban J connectivity index is 1.17. The van der Waals surface area contributed by atoms with Crippen LogP contribution in [0.1, 0.15) is 85.5 Å². The van der Waals surface area contributed by atoms with Gasteiger partial charge in [0.1, 0.15) is 24.2 Å². The SMILES string of the molecule is CCC[C@H](O)C[C@@H](O)CC(=O)CCc1ccc2c(c1)O[C@@H]1[C@H](C#C[C@@H](O)c3ccc4c(c3CC3=CN=C5CN1C=C35)C=CN[C@@H]4N)CC#CO2. The van der Waals surface area contributed by atoms with E-state index in [2.05, 4.69) is 40.3 Å². The van der Waals surface area contributed by atoms with Crippen molar-refractivity contribution in [1.82, 2.24) is 10.2 Å². The molecule has 2 aromatic carbocycles. The minimum absolute atomic E-state index is 0.00748. The van der Waals surface area contributed by atoms with Crippen molar-refractivity contribution < 1.29 is 29.6 Å². The molecule has 0 unspecified atom stereocenters. The molecule has 258 valence electrons. The van der Waals surface area contributed by atoms with Gasteiger partial charge < -0.3 is 40.7 Å². The fraction of sp³-hybridized carbons (Fsp3) is 0.400. The predicted octanol–water partition coefficient (Wildman–Crippen LogP) is 3.92. The second-order valence-corrected chi connectivity index (χ2v) is 13.5. The zero-order valence-corrected chi connectivity index (χ0v) is 28.1. The standard InChI is InChI=1S/C40H42N4O6/c1-2-4-27(45)19-29(47)20-28(46)9-6-24-7-13-37-38(17-24)50-40-25(5-3-16-49-37)8-12-36(48)31-10-11-32-30(14-15-42-39(32)41)33(31)18-26-21-43-35-23-44(40)22-34(26)35/h7,10-11,13-15,17,21-22,25,27,29,36,39-40,42,45,47-48H,2,4-6,9,18-20,23,41H2,1H3/t25-,27-,29+,36+,39-,40+/m0/s1. The number of carbonyl (C=O) groups excluding carboxylic acids is 1. The van der Waals surface area contributed by atoms with E-state index >= 15 is 0 Å². The average molecular weight is 675 g/mol. The number of aliphatic hydroxyl groups is 3. The summed E-state index contributed by atoms with van der Waals surface area (Å²) < 4.78 is 12.6. The van der Waals surface area contributed by atoms with Gasteiger partial charge >= 0.3 is 0 Å². The van der Waals surface area contributed by atoms with Gasteiger partial charge in [-0.1, -0.05) is 49.3 Å². The lowest BCUT2D eigenvalue weighted by atomic mass is 9.86. The Labute approximate surface area is 292 Å². The molecule has 0 spiro atoms. The van der Waals surface area contributed by atoms with E-state index in [9.17, 15) is 20.1 Å². The Morgan fingerprint density at radius 1 is 1.16 bits per heavy atom. The molecule has 2 bridgehead atoms. The van der Waals surface area contributed by atoms with Gasteiger partial charge in [-0.2, -0.15) is 0 Å².